The number of hydroxylamine groups is 2. The molecule has 2 unspecified atom stereocenters. The van der Waals surface area contributed by atoms with Crippen LogP contribution in [0.5, 0.6) is 11.5 Å². The van der Waals surface area contributed by atoms with E-state index in [0.29, 0.717) is 81.5 Å². The van der Waals surface area contributed by atoms with Gasteiger partial charge in [0.2, 0.25) is 20.7 Å². The van der Waals surface area contributed by atoms with Crippen molar-refractivity contribution in [2.24, 2.45) is 5.92 Å². The van der Waals surface area contributed by atoms with Crippen LogP contribution in [-0.2, 0) is 36.7 Å². The molecule has 1 aliphatic rings. The molecule has 2 atom stereocenters. The first-order chi connectivity index (χ1) is 31.2. The van der Waals surface area contributed by atoms with Crippen LogP contribution in [0.25, 0.3) is 11.3 Å². The molecule has 0 fully saturated rings. The Morgan fingerprint density at radius 2 is 1.58 bits per heavy atom. The summed E-state index contributed by atoms with van der Waals surface area (Å²) in [5.74, 6) is -0.879. The van der Waals surface area contributed by atoms with Gasteiger partial charge in [-0.1, -0.05) is 93.8 Å². The maximum atomic E-state index is 13.8. The number of amides is 3. The van der Waals surface area contributed by atoms with E-state index in [0.717, 1.165) is 40.0 Å². The van der Waals surface area contributed by atoms with E-state index in [2.05, 4.69) is 17.6 Å². The lowest BCUT2D eigenvalue weighted by atomic mass is 9.90. The highest BCUT2D eigenvalue weighted by Crippen LogP contribution is 2.42. The molecule has 0 radical (unpaired) electrons. The van der Waals surface area contributed by atoms with Crippen molar-refractivity contribution in [3.05, 3.63) is 132 Å². The minimum absolute atomic E-state index is 0.0275. The summed E-state index contributed by atoms with van der Waals surface area (Å²) in [6, 6.07) is 32.8. The molecule has 0 bridgehead atoms. The van der Waals surface area contributed by atoms with Crippen LogP contribution in [0, 0.1) is 5.92 Å². The van der Waals surface area contributed by atoms with E-state index in [-0.39, 0.29) is 18.0 Å². The summed E-state index contributed by atoms with van der Waals surface area (Å²) in [5.41, 5.74) is 3.71. The summed E-state index contributed by atoms with van der Waals surface area (Å²) in [7, 11) is 0.345. The van der Waals surface area contributed by atoms with E-state index in [1.165, 1.54) is 0 Å². The van der Waals surface area contributed by atoms with Gasteiger partial charge in [-0.25, -0.2) is 4.79 Å². The van der Waals surface area contributed by atoms with Gasteiger partial charge in [-0.05, 0) is 79.4 Å². The van der Waals surface area contributed by atoms with Crippen molar-refractivity contribution in [3.63, 3.8) is 0 Å². The van der Waals surface area contributed by atoms with Gasteiger partial charge in [0.25, 0.3) is 5.91 Å². The minimum Gasteiger partial charge on any atom is -0.494 e. The Bertz CT molecular complexity index is 2250. The first-order valence-corrected chi connectivity index (χ1v) is 22.9. The normalized spacial score (nSPS) is 13.0. The summed E-state index contributed by atoms with van der Waals surface area (Å²) < 4.78 is 30.6. The van der Waals surface area contributed by atoms with E-state index < -0.39 is 38.1 Å². The Morgan fingerprint density at radius 1 is 0.859 bits per heavy atom. The SMILES string of the molecule is CCCCCC(C(=O)NCNC(=O)c1ccc(-c2cc(OCC)cc(P(OCc3ccccc3)OCc3ccccc3)c2)o1)C(CC)N(C=O)OC(=O)c1ccc2c(c1)OCCN2C. The summed E-state index contributed by atoms with van der Waals surface area (Å²) >= 11 is 0. The van der Waals surface area contributed by atoms with Crippen molar-refractivity contribution in [1.82, 2.24) is 15.7 Å². The van der Waals surface area contributed by atoms with Crippen LogP contribution >= 0.6 is 8.38 Å². The number of rotatable bonds is 24. The monoisotopic (exact) mass is 892 g/mol. The second-order valence-electron chi connectivity index (χ2n) is 15.2. The molecule has 338 valence electrons. The molecule has 4 aromatic carbocycles. The number of nitrogens with one attached hydrogen (secondary N) is 2. The summed E-state index contributed by atoms with van der Waals surface area (Å²) in [5, 5.41) is 7.20. The molecule has 0 spiro atoms. The van der Waals surface area contributed by atoms with Gasteiger partial charge in [0.1, 0.15) is 23.9 Å². The quantitative estimate of drug-likeness (QED) is 0.0201. The molecule has 15 heteroatoms. The molecule has 0 aliphatic carbocycles. The molecule has 2 heterocycles. The first-order valence-electron chi connectivity index (χ1n) is 21.7. The molecule has 1 aliphatic heterocycles. The number of nitrogens with zero attached hydrogens (tertiary/aromatic N) is 2. The number of hydrogen-bond acceptors (Lipinski definition) is 11. The van der Waals surface area contributed by atoms with Gasteiger partial charge < -0.3 is 43.3 Å². The first kappa shape index (κ1) is 47.3. The van der Waals surface area contributed by atoms with Gasteiger partial charge in [0, 0.05) is 17.9 Å². The summed E-state index contributed by atoms with van der Waals surface area (Å²) in [4.78, 5) is 60.6. The van der Waals surface area contributed by atoms with Crippen LogP contribution in [-0.4, -0.2) is 68.8 Å². The van der Waals surface area contributed by atoms with E-state index in [1.807, 2.05) is 105 Å². The predicted molar refractivity (Wildman–Crippen MR) is 245 cm³/mol. The zero-order valence-corrected chi connectivity index (χ0v) is 37.7. The van der Waals surface area contributed by atoms with Crippen LogP contribution in [0.2, 0.25) is 0 Å². The van der Waals surface area contributed by atoms with E-state index >= 15 is 0 Å². The number of furan rings is 1. The number of anilines is 1. The molecular weight excluding hydrogens is 836 g/mol. The Kier molecular flexibility index (Phi) is 17.7. The zero-order chi connectivity index (χ0) is 45.3. The largest absolute Gasteiger partial charge is 0.494 e. The van der Waals surface area contributed by atoms with Crippen LogP contribution in [0.4, 0.5) is 5.69 Å². The van der Waals surface area contributed by atoms with Gasteiger partial charge in [0.15, 0.2) is 5.76 Å². The van der Waals surface area contributed by atoms with Crippen molar-refractivity contribution >= 4 is 43.6 Å². The molecule has 0 saturated carbocycles. The number of benzene rings is 4. The lowest BCUT2D eigenvalue weighted by Crippen LogP contribution is -2.49. The third-order valence-electron chi connectivity index (χ3n) is 10.7. The topological polar surface area (TPSA) is 158 Å². The van der Waals surface area contributed by atoms with Gasteiger partial charge in [-0.15, -0.1) is 0 Å². The lowest BCUT2D eigenvalue weighted by molar-refractivity contribution is -0.171. The standard InChI is InChI=1S/C49H57N4O10P/c1-5-8-11-20-41(42(6-2)53(34-54)63-49(57)37-21-22-43-46(29-37)59-26-25-52(43)4)47(55)50-33-51-48(56)45-24-23-44(62-45)38-27-39(58-7-3)30-40(28-38)64(60-31-35-16-12-9-13-17-35)61-32-36-18-14-10-15-19-36/h9-10,12-19,21-24,27-30,34,41-42H,5-8,11,20,25-26,31-33H2,1-4H3,(H,50,55)(H,51,56). The molecule has 3 amide bonds. The third kappa shape index (κ3) is 12.9. The van der Waals surface area contributed by atoms with Gasteiger partial charge >= 0.3 is 5.97 Å². The molecular formula is C49H57N4O10P. The molecule has 0 saturated heterocycles. The molecule has 2 N–H and O–H groups in total. The highest BCUT2D eigenvalue weighted by atomic mass is 31.2. The average molecular weight is 893 g/mol. The molecule has 1 aromatic heterocycles. The number of carbonyl (C=O) groups is 4. The number of likely N-dealkylation sites (N-methyl/N-ethyl adjacent to an activating group) is 1. The molecule has 6 rings (SSSR count). The highest BCUT2D eigenvalue weighted by Gasteiger charge is 2.34. The smallest absolute Gasteiger partial charge is 0.363 e. The molecule has 64 heavy (non-hydrogen) atoms. The molecule has 5 aromatic rings. The van der Waals surface area contributed by atoms with Crippen LogP contribution in [0.1, 0.15) is 84.9 Å². The van der Waals surface area contributed by atoms with Crippen molar-refractivity contribution in [2.75, 3.05) is 38.4 Å². The van der Waals surface area contributed by atoms with Crippen molar-refractivity contribution in [1.29, 1.82) is 0 Å². The fraction of sp³-hybridized carbons (Fsp3) is 0.347. The van der Waals surface area contributed by atoms with Gasteiger partial charge in [0.05, 0.1) is 56.2 Å². The fourth-order valence-electron chi connectivity index (χ4n) is 7.28. The number of fused-ring (bicyclic) bond motifs is 1. The predicted octanol–water partition coefficient (Wildman–Crippen LogP) is 8.55. The Morgan fingerprint density at radius 3 is 2.23 bits per heavy atom. The Hall–Kier alpha value is -6.21. The Balaban J connectivity index is 1.12. The number of hydrogen-bond donors (Lipinski definition) is 2. The van der Waals surface area contributed by atoms with Crippen molar-refractivity contribution in [2.45, 2.75) is 72.1 Å². The highest BCUT2D eigenvalue weighted by molar-refractivity contribution is 7.56. The van der Waals surface area contributed by atoms with Crippen LogP contribution < -0.4 is 30.3 Å². The van der Waals surface area contributed by atoms with Gasteiger partial charge in [-0.2, -0.15) is 5.06 Å². The Labute approximate surface area is 376 Å². The fourth-order valence-corrected chi connectivity index (χ4v) is 8.66. The average Bonchev–Trinajstić information content (AvgIpc) is 3.82. The van der Waals surface area contributed by atoms with Crippen molar-refractivity contribution < 1.29 is 47.0 Å². The van der Waals surface area contributed by atoms with E-state index in [1.54, 1.807) is 30.3 Å². The summed E-state index contributed by atoms with van der Waals surface area (Å²) in [6.07, 6.45) is 3.65. The maximum absolute atomic E-state index is 13.8. The van der Waals surface area contributed by atoms with Crippen LogP contribution in [0.3, 0.4) is 0 Å². The number of unbranched alkanes of at least 4 members (excludes halogenated alkanes) is 2. The van der Waals surface area contributed by atoms with Gasteiger partial charge in [-0.3, -0.25) is 14.4 Å². The lowest BCUT2D eigenvalue weighted by Gasteiger charge is -2.32. The van der Waals surface area contributed by atoms with Crippen molar-refractivity contribution in [3.8, 4) is 22.8 Å². The minimum atomic E-state index is -1.59. The number of ether oxygens (including phenoxy) is 2. The maximum Gasteiger partial charge on any atom is 0.363 e. The molecule has 14 nitrogen and oxygen atoms in total. The zero-order valence-electron chi connectivity index (χ0n) is 36.8. The second-order valence-corrected chi connectivity index (χ2v) is 16.7. The number of carbonyl (C=O) groups excluding carboxylic acids is 4. The third-order valence-corrected chi connectivity index (χ3v) is 12.1. The summed E-state index contributed by atoms with van der Waals surface area (Å²) in [6.45, 7) is 7.84. The van der Waals surface area contributed by atoms with E-state index in [4.69, 9.17) is 27.8 Å². The van der Waals surface area contributed by atoms with E-state index in [9.17, 15) is 19.2 Å². The van der Waals surface area contributed by atoms with Crippen LogP contribution in [0.15, 0.2) is 114 Å². The second kappa shape index (κ2) is 24.0.